The van der Waals surface area contributed by atoms with Gasteiger partial charge in [-0.25, -0.2) is 0 Å². The Kier molecular flexibility index (Phi) is 4.55. The van der Waals surface area contributed by atoms with Crippen LogP contribution in [0.3, 0.4) is 0 Å². The zero-order chi connectivity index (χ0) is 22.4. The van der Waals surface area contributed by atoms with Gasteiger partial charge in [0.25, 0.3) is 0 Å². The molecule has 33 heavy (non-hydrogen) atoms. The first-order chi connectivity index (χ1) is 16.2. The van der Waals surface area contributed by atoms with Crippen molar-refractivity contribution in [2.45, 2.75) is 13.8 Å². The minimum Gasteiger partial charge on any atom is -0.408 e. The molecule has 2 heteroatoms. The molecule has 1 unspecified atom stereocenters. The molecule has 1 atom stereocenters. The Labute approximate surface area is 195 Å². The Balaban J connectivity index is 1.75. The fraction of sp³-hybridized carbons (Fsp3) is 0.0645. The molecule has 4 aromatic carbocycles. The van der Waals surface area contributed by atoms with Crippen LogP contribution < -0.4 is 15.4 Å². The molecule has 0 fully saturated rings. The van der Waals surface area contributed by atoms with E-state index in [1.165, 1.54) is 49.6 Å². The maximum absolute atomic E-state index is 2.53. The standard InChI is InChI=1S/C31H26BN/c1-23-15-19-29(20-16-23)32(28-12-4-3-5-13-28)31(24(2)30-14-8-9-21-33(30)32)27-18-17-25-10-6-7-11-26(25)22-27/h3-22H,1-2H3. The van der Waals surface area contributed by atoms with Crippen molar-refractivity contribution in [1.29, 1.82) is 0 Å². The SMILES string of the molecule is CC1=C(c2ccc3ccccc3c2)[B-](c2ccccc2)(c2ccc(C)cc2)[n+]2ccccc21. The lowest BCUT2D eigenvalue weighted by molar-refractivity contribution is -0.539. The second-order valence-electron chi connectivity index (χ2n) is 9.24. The number of hydrogen-bond donors (Lipinski definition) is 0. The van der Waals surface area contributed by atoms with Crippen molar-refractivity contribution in [1.82, 2.24) is 0 Å². The van der Waals surface area contributed by atoms with E-state index in [2.05, 4.69) is 140 Å². The van der Waals surface area contributed by atoms with E-state index < -0.39 is 6.28 Å². The van der Waals surface area contributed by atoms with Gasteiger partial charge in [0.1, 0.15) is 6.20 Å². The Bertz CT molecular complexity index is 1520. The van der Waals surface area contributed by atoms with Gasteiger partial charge in [-0.05, 0) is 42.3 Å². The van der Waals surface area contributed by atoms with Gasteiger partial charge < -0.3 is 4.48 Å². The minimum atomic E-state index is -1.39. The molecule has 1 aromatic heterocycles. The van der Waals surface area contributed by atoms with Crippen LogP contribution in [0.5, 0.6) is 0 Å². The predicted molar refractivity (Wildman–Crippen MR) is 141 cm³/mol. The summed E-state index contributed by atoms with van der Waals surface area (Å²) in [6.07, 6.45) is 0.870. The summed E-state index contributed by atoms with van der Waals surface area (Å²) < 4.78 is 2.53. The summed E-state index contributed by atoms with van der Waals surface area (Å²) in [7, 11) is 0. The number of benzene rings is 4. The molecule has 0 bridgehead atoms. The lowest BCUT2D eigenvalue weighted by Crippen LogP contribution is -2.78. The van der Waals surface area contributed by atoms with E-state index in [1.807, 2.05) is 0 Å². The molecular formula is C31H26BN. The van der Waals surface area contributed by atoms with Gasteiger partial charge in [0.2, 0.25) is 0 Å². The number of nitrogens with zero attached hydrogens (tertiary/aromatic N) is 1. The second-order valence-corrected chi connectivity index (χ2v) is 9.24. The van der Waals surface area contributed by atoms with Crippen LogP contribution in [0.15, 0.2) is 121 Å². The van der Waals surface area contributed by atoms with Gasteiger partial charge in [-0.15, -0.1) is 16.4 Å². The van der Waals surface area contributed by atoms with Gasteiger partial charge in [-0.3, -0.25) is 0 Å². The average Bonchev–Trinajstić information content (AvgIpc) is 3.14. The van der Waals surface area contributed by atoms with Gasteiger partial charge >= 0.3 is 6.28 Å². The van der Waals surface area contributed by atoms with Crippen molar-refractivity contribution in [2.24, 2.45) is 0 Å². The van der Waals surface area contributed by atoms with Gasteiger partial charge in [0.15, 0.2) is 5.69 Å². The van der Waals surface area contributed by atoms with Crippen molar-refractivity contribution < 1.29 is 4.48 Å². The van der Waals surface area contributed by atoms with E-state index in [4.69, 9.17) is 0 Å². The molecule has 1 aliphatic rings. The summed E-state index contributed by atoms with van der Waals surface area (Å²) >= 11 is 0. The Hall–Kier alpha value is -3.91. The Morgan fingerprint density at radius 2 is 1.24 bits per heavy atom. The van der Waals surface area contributed by atoms with Crippen LogP contribution in [0.1, 0.15) is 23.7 Å². The minimum absolute atomic E-state index is 1.27. The third-order valence-corrected chi connectivity index (χ3v) is 7.42. The fourth-order valence-corrected chi connectivity index (χ4v) is 5.94. The summed E-state index contributed by atoms with van der Waals surface area (Å²) in [5, 5.41) is 2.55. The van der Waals surface area contributed by atoms with Crippen molar-refractivity contribution in [3.05, 3.63) is 138 Å². The second kappa shape index (κ2) is 7.60. The van der Waals surface area contributed by atoms with Crippen molar-refractivity contribution >= 4 is 39.0 Å². The van der Waals surface area contributed by atoms with Crippen molar-refractivity contribution in [3.8, 4) is 0 Å². The quantitative estimate of drug-likeness (QED) is 0.336. The first-order valence-electron chi connectivity index (χ1n) is 11.7. The summed E-state index contributed by atoms with van der Waals surface area (Å²) in [6.45, 7) is 4.45. The number of fused-ring (bicyclic) bond motifs is 2. The largest absolute Gasteiger partial charge is 0.408 e. The van der Waals surface area contributed by atoms with E-state index in [-0.39, 0.29) is 0 Å². The number of pyridine rings is 1. The zero-order valence-corrected chi connectivity index (χ0v) is 19.1. The average molecular weight is 423 g/mol. The Morgan fingerprint density at radius 3 is 2.03 bits per heavy atom. The molecule has 6 rings (SSSR count). The molecule has 0 spiro atoms. The fourth-order valence-electron chi connectivity index (χ4n) is 5.94. The van der Waals surface area contributed by atoms with Gasteiger partial charge in [0.05, 0.1) is 0 Å². The van der Waals surface area contributed by atoms with E-state index in [0.717, 1.165) is 0 Å². The van der Waals surface area contributed by atoms with E-state index in [1.54, 1.807) is 0 Å². The molecule has 0 aliphatic carbocycles. The highest BCUT2D eigenvalue weighted by atomic mass is 14.9. The van der Waals surface area contributed by atoms with Crippen molar-refractivity contribution in [3.63, 3.8) is 0 Å². The predicted octanol–water partition coefficient (Wildman–Crippen LogP) is 5.53. The third kappa shape index (κ3) is 2.91. The van der Waals surface area contributed by atoms with Crippen LogP contribution in [0.4, 0.5) is 0 Å². The molecule has 1 nitrogen and oxygen atoms in total. The van der Waals surface area contributed by atoms with E-state index >= 15 is 0 Å². The van der Waals surface area contributed by atoms with Crippen LogP contribution in [-0.2, 0) is 0 Å². The van der Waals surface area contributed by atoms with Crippen LogP contribution >= 0.6 is 0 Å². The number of aryl methyl sites for hydroxylation is 1. The highest BCUT2D eigenvalue weighted by Gasteiger charge is 2.50. The topological polar surface area (TPSA) is 3.88 Å². The normalized spacial score (nSPS) is 17.4. The maximum atomic E-state index is 2.53. The summed E-state index contributed by atoms with van der Waals surface area (Å²) in [5.74, 6) is 0. The monoisotopic (exact) mass is 423 g/mol. The van der Waals surface area contributed by atoms with Crippen LogP contribution in [0, 0.1) is 6.92 Å². The highest BCUT2D eigenvalue weighted by molar-refractivity contribution is 7.10. The molecule has 0 N–H and O–H groups in total. The smallest absolute Gasteiger partial charge is 0.361 e. The Morgan fingerprint density at radius 1 is 0.576 bits per heavy atom. The number of rotatable bonds is 3. The zero-order valence-electron chi connectivity index (χ0n) is 19.1. The van der Waals surface area contributed by atoms with Gasteiger partial charge in [-0.2, -0.15) is 0 Å². The number of aromatic nitrogens is 1. The summed E-state index contributed by atoms with van der Waals surface area (Å²) in [6, 6.07) is 42.3. The van der Waals surface area contributed by atoms with E-state index in [0.29, 0.717) is 0 Å². The molecule has 0 amide bonds. The van der Waals surface area contributed by atoms with Crippen LogP contribution in [-0.4, -0.2) is 6.28 Å². The van der Waals surface area contributed by atoms with Crippen LogP contribution in [0.25, 0.3) is 21.8 Å². The lowest BCUT2D eigenvalue weighted by Gasteiger charge is -2.36. The summed E-state index contributed by atoms with van der Waals surface area (Å²) in [4.78, 5) is 0. The first-order valence-corrected chi connectivity index (χ1v) is 11.7. The lowest BCUT2D eigenvalue weighted by atomic mass is 9.23. The molecule has 2 heterocycles. The molecule has 0 saturated heterocycles. The van der Waals surface area contributed by atoms with Crippen molar-refractivity contribution in [2.75, 3.05) is 0 Å². The molecule has 0 saturated carbocycles. The number of allylic oxidation sites excluding steroid dienone is 1. The molecule has 158 valence electrons. The van der Waals surface area contributed by atoms with E-state index in [9.17, 15) is 0 Å². The third-order valence-electron chi connectivity index (χ3n) is 7.42. The van der Waals surface area contributed by atoms with Gasteiger partial charge in [-0.1, -0.05) is 108 Å². The first kappa shape index (κ1) is 19.8. The molecule has 0 radical (unpaired) electrons. The maximum Gasteiger partial charge on any atom is 0.361 e. The molecule has 5 aromatic rings. The summed E-state index contributed by atoms with van der Waals surface area (Å²) in [5.41, 5.74) is 9.27. The molecule has 1 aliphatic heterocycles. The van der Waals surface area contributed by atoms with Gasteiger partial charge in [0, 0.05) is 6.07 Å². The highest BCUT2D eigenvalue weighted by Crippen LogP contribution is 2.37. The van der Waals surface area contributed by atoms with Crippen LogP contribution in [0.2, 0.25) is 0 Å². The molecular weight excluding hydrogens is 397 g/mol. The number of hydrogen-bond acceptors (Lipinski definition) is 0.